The molecule has 102 valence electrons. The van der Waals surface area contributed by atoms with Crippen LogP contribution < -0.4 is 4.74 Å². The lowest BCUT2D eigenvalue weighted by molar-refractivity contribution is 0.105. The summed E-state index contributed by atoms with van der Waals surface area (Å²) in [7, 11) is 1.68. The van der Waals surface area contributed by atoms with Gasteiger partial charge in [0.05, 0.1) is 13.2 Å². The quantitative estimate of drug-likeness (QED) is 0.771. The highest BCUT2D eigenvalue weighted by Crippen LogP contribution is 2.13. The van der Waals surface area contributed by atoms with Crippen molar-refractivity contribution in [3.8, 4) is 5.75 Å². The number of nitrogens with zero attached hydrogens (tertiary/aromatic N) is 1. The van der Waals surface area contributed by atoms with Crippen molar-refractivity contribution in [3.05, 3.63) is 29.8 Å². The van der Waals surface area contributed by atoms with Crippen LogP contribution in [0.3, 0.4) is 0 Å². The summed E-state index contributed by atoms with van der Waals surface area (Å²) in [6, 6.07) is 8.13. The maximum Gasteiger partial charge on any atom is 0.118 e. The molecule has 3 nitrogen and oxygen atoms in total. The molecule has 1 aromatic rings. The molecule has 0 fully saturated rings. The first-order valence-corrected chi connectivity index (χ1v) is 6.72. The van der Waals surface area contributed by atoms with Gasteiger partial charge in [-0.2, -0.15) is 0 Å². The van der Waals surface area contributed by atoms with Crippen molar-refractivity contribution in [1.29, 1.82) is 0 Å². The lowest BCUT2D eigenvalue weighted by Gasteiger charge is -2.24. The summed E-state index contributed by atoms with van der Waals surface area (Å²) < 4.78 is 5.15. The third-order valence-corrected chi connectivity index (χ3v) is 3.05. The van der Waals surface area contributed by atoms with Crippen LogP contribution in [0.5, 0.6) is 5.75 Å². The van der Waals surface area contributed by atoms with Crippen LogP contribution in [0.4, 0.5) is 0 Å². The van der Waals surface area contributed by atoms with Gasteiger partial charge in [0.25, 0.3) is 0 Å². The minimum absolute atomic E-state index is 0.227. The van der Waals surface area contributed by atoms with E-state index < -0.39 is 0 Å². The topological polar surface area (TPSA) is 32.7 Å². The fourth-order valence-electron chi connectivity index (χ4n) is 1.97. The summed E-state index contributed by atoms with van der Waals surface area (Å²) in [6.07, 6.45) is 1.69. The van der Waals surface area contributed by atoms with Crippen molar-refractivity contribution in [2.75, 3.05) is 20.2 Å². The molecule has 0 saturated carbocycles. The summed E-state index contributed by atoms with van der Waals surface area (Å²) in [6.45, 7) is 6.83. The van der Waals surface area contributed by atoms with Crippen LogP contribution in [0.2, 0.25) is 0 Å². The molecule has 0 aliphatic heterocycles. The molecule has 0 radical (unpaired) electrons. The Morgan fingerprint density at radius 1 is 1.22 bits per heavy atom. The van der Waals surface area contributed by atoms with Crippen molar-refractivity contribution in [2.45, 2.75) is 39.3 Å². The fourth-order valence-corrected chi connectivity index (χ4v) is 1.97. The van der Waals surface area contributed by atoms with Crippen LogP contribution in [0, 0.1) is 0 Å². The molecule has 0 spiro atoms. The molecule has 0 unspecified atom stereocenters. The number of methoxy groups -OCH3 is 1. The summed E-state index contributed by atoms with van der Waals surface area (Å²) in [4.78, 5) is 2.30. The molecule has 1 N–H and O–H groups in total. The molecular weight excluding hydrogens is 226 g/mol. The van der Waals surface area contributed by atoms with Crippen molar-refractivity contribution >= 4 is 0 Å². The molecule has 1 aromatic carbocycles. The highest BCUT2D eigenvalue weighted by molar-refractivity contribution is 5.27. The Labute approximate surface area is 110 Å². The summed E-state index contributed by atoms with van der Waals surface area (Å²) in [5.74, 6) is 0.884. The Bertz CT molecular complexity index is 324. The average molecular weight is 251 g/mol. The van der Waals surface area contributed by atoms with Gasteiger partial charge in [0, 0.05) is 13.1 Å². The Kier molecular flexibility index (Phi) is 6.76. The smallest absolute Gasteiger partial charge is 0.118 e. The van der Waals surface area contributed by atoms with E-state index in [0.717, 1.165) is 38.2 Å². The predicted molar refractivity (Wildman–Crippen MR) is 74.9 cm³/mol. The van der Waals surface area contributed by atoms with E-state index in [-0.39, 0.29) is 6.10 Å². The third-order valence-electron chi connectivity index (χ3n) is 3.05. The van der Waals surface area contributed by atoms with E-state index in [0.29, 0.717) is 0 Å². The Morgan fingerprint density at radius 3 is 2.39 bits per heavy atom. The van der Waals surface area contributed by atoms with Crippen molar-refractivity contribution < 1.29 is 9.84 Å². The van der Waals surface area contributed by atoms with Gasteiger partial charge < -0.3 is 9.84 Å². The summed E-state index contributed by atoms with van der Waals surface area (Å²) in [5, 5.41) is 9.75. The molecule has 0 aliphatic carbocycles. The monoisotopic (exact) mass is 251 g/mol. The second-order valence-electron chi connectivity index (χ2n) is 4.65. The van der Waals surface area contributed by atoms with Gasteiger partial charge in [-0.1, -0.05) is 26.0 Å². The Morgan fingerprint density at radius 2 is 1.89 bits per heavy atom. The maximum atomic E-state index is 9.75. The van der Waals surface area contributed by atoms with Crippen LogP contribution in [-0.2, 0) is 6.54 Å². The molecule has 0 saturated heterocycles. The number of aliphatic hydroxyl groups is 1. The number of benzene rings is 1. The number of hydrogen-bond donors (Lipinski definition) is 1. The molecule has 0 aromatic heterocycles. The van der Waals surface area contributed by atoms with Gasteiger partial charge in [-0.05, 0) is 37.1 Å². The second kappa shape index (κ2) is 8.11. The Balaban J connectivity index is 2.58. The molecule has 0 aliphatic rings. The third kappa shape index (κ3) is 5.07. The molecular formula is C15H25NO2. The molecule has 1 atom stereocenters. The molecule has 3 heteroatoms. The van der Waals surface area contributed by atoms with Gasteiger partial charge >= 0.3 is 0 Å². The van der Waals surface area contributed by atoms with Gasteiger partial charge in [0.2, 0.25) is 0 Å². The molecule has 0 amide bonds. The van der Waals surface area contributed by atoms with Crippen molar-refractivity contribution in [1.82, 2.24) is 4.90 Å². The van der Waals surface area contributed by atoms with Crippen molar-refractivity contribution in [3.63, 3.8) is 0 Å². The van der Waals surface area contributed by atoms with Crippen LogP contribution in [-0.4, -0.2) is 36.3 Å². The lowest BCUT2D eigenvalue weighted by Crippen LogP contribution is -2.32. The zero-order chi connectivity index (χ0) is 13.4. The van der Waals surface area contributed by atoms with Gasteiger partial charge in [-0.3, -0.25) is 4.90 Å². The van der Waals surface area contributed by atoms with Crippen LogP contribution >= 0.6 is 0 Å². The standard InChI is InChI=1S/C15H25NO2/c1-4-10-16(12-14(17)5-2)11-13-6-8-15(18-3)9-7-13/h6-9,14,17H,4-5,10-12H2,1-3H3/t14-/m0/s1. The first kappa shape index (κ1) is 15.0. The van der Waals surface area contributed by atoms with Gasteiger partial charge in [0.1, 0.15) is 5.75 Å². The van der Waals surface area contributed by atoms with Crippen LogP contribution in [0.15, 0.2) is 24.3 Å². The molecule has 18 heavy (non-hydrogen) atoms. The average Bonchev–Trinajstić information content (AvgIpc) is 2.39. The second-order valence-corrected chi connectivity index (χ2v) is 4.65. The highest BCUT2D eigenvalue weighted by Gasteiger charge is 2.10. The maximum absolute atomic E-state index is 9.75. The first-order chi connectivity index (χ1) is 8.69. The predicted octanol–water partition coefficient (Wildman–Crippen LogP) is 2.68. The molecule has 0 heterocycles. The minimum Gasteiger partial charge on any atom is -0.497 e. The normalized spacial score (nSPS) is 12.7. The van der Waals surface area contributed by atoms with Crippen LogP contribution in [0.1, 0.15) is 32.3 Å². The van der Waals surface area contributed by atoms with E-state index in [4.69, 9.17) is 4.74 Å². The van der Waals surface area contributed by atoms with Gasteiger partial charge in [-0.25, -0.2) is 0 Å². The first-order valence-electron chi connectivity index (χ1n) is 6.72. The summed E-state index contributed by atoms with van der Waals surface area (Å²) in [5.41, 5.74) is 1.26. The highest BCUT2D eigenvalue weighted by atomic mass is 16.5. The van der Waals surface area contributed by atoms with E-state index in [1.165, 1.54) is 5.56 Å². The van der Waals surface area contributed by atoms with E-state index in [2.05, 4.69) is 24.0 Å². The minimum atomic E-state index is -0.227. The van der Waals surface area contributed by atoms with Gasteiger partial charge in [-0.15, -0.1) is 0 Å². The number of rotatable bonds is 8. The zero-order valence-electron chi connectivity index (χ0n) is 11.7. The van der Waals surface area contributed by atoms with Crippen LogP contribution in [0.25, 0.3) is 0 Å². The molecule has 1 rings (SSSR count). The SMILES string of the molecule is CCCN(Cc1ccc(OC)cc1)C[C@@H](O)CC. The van der Waals surface area contributed by atoms with E-state index in [1.807, 2.05) is 19.1 Å². The fraction of sp³-hybridized carbons (Fsp3) is 0.600. The molecule has 0 bridgehead atoms. The van der Waals surface area contributed by atoms with E-state index in [1.54, 1.807) is 7.11 Å². The number of hydrogen-bond acceptors (Lipinski definition) is 3. The summed E-state index contributed by atoms with van der Waals surface area (Å²) >= 11 is 0. The lowest BCUT2D eigenvalue weighted by atomic mass is 10.1. The van der Waals surface area contributed by atoms with E-state index in [9.17, 15) is 5.11 Å². The number of ether oxygens (including phenoxy) is 1. The Hall–Kier alpha value is -1.06. The number of aliphatic hydroxyl groups excluding tert-OH is 1. The largest absolute Gasteiger partial charge is 0.497 e. The zero-order valence-corrected chi connectivity index (χ0v) is 11.7. The van der Waals surface area contributed by atoms with Gasteiger partial charge in [0.15, 0.2) is 0 Å². The van der Waals surface area contributed by atoms with Crippen molar-refractivity contribution in [2.24, 2.45) is 0 Å². The van der Waals surface area contributed by atoms with E-state index >= 15 is 0 Å².